The Morgan fingerprint density at radius 1 is 1.21 bits per heavy atom. The van der Waals surface area contributed by atoms with Crippen molar-refractivity contribution >= 4 is 29.2 Å². The van der Waals surface area contributed by atoms with Crippen LogP contribution in [0.4, 0.5) is 0 Å². The number of nitrogens with zero attached hydrogens (tertiary/aromatic N) is 2. The standard InChI is InChI=1S/C19H20N2O6S/c1-12-11-28-19(25)20(12)9-17(23)27-10-16(22)21-8-14-6-4-3-5-13(14)7-15(21)18(24)26-2/h3-6,11,15H,7-10H2,1-2H3/t15-/m0/s1. The predicted molar refractivity (Wildman–Crippen MR) is 101 cm³/mol. The number of thiazole rings is 1. The van der Waals surface area contributed by atoms with Crippen LogP contribution in [0.15, 0.2) is 34.4 Å². The van der Waals surface area contributed by atoms with Gasteiger partial charge in [-0.3, -0.25) is 19.0 Å². The van der Waals surface area contributed by atoms with Gasteiger partial charge in [0.25, 0.3) is 5.91 Å². The van der Waals surface area contributed by atoms with Crippen LogP contribution in [0, 0.1) is 6.92 Å². The second kappa shape index (κ2) is 8.39. The molecule has 3 rings (SSSR count). The number of ether oxygens (including phenoxy) is 2. The summed E-state index contributed by atoms with van der Waals surface area (Å²) in [4.78, 5) is 49.6. The summed E-state index contributed by atoms with van der Waals surface area (Å²) >= 11 is 0.993. The van der Waals surface area contributed by atoms with Gasteiger partial charge in [0.15, 0.2) is 6.61 Å². The van der Waals surface area contributed by atoms with E-state index in [-0.39, 0.29) is 18.0 Å². The summed E-state index contributed by atoms with van der Waals surface area (Å²) in [6.45, 7) is 1.18. The maximum atomic E-state index is 12.7. The predicted octanol–water partition coefficient (Wildman–Crippen LogP) is 0.888. The van der Waals surface area contributed by atoms with Crippen molar-refractivity contribution in [2.24, 2.45) is 0 Å². The Morgan fingerprint density at radius 3 is 2.57 bits per heavy atom. The number of hydrogen-bond donors (Lipinski definition) is 0. The smallest absolute Gasteiger partial charge is 0.328 e. The average Bonchev–Trinajstić information content (AvgIpc) is 3.02. The Kier molecular flexibility index (Phi) is 5.93. The van der Waals surface area contributed by atoms with E-state index in [1.165, 1.54) is 16.6 Å². The van der Waals surface area contributed by atoms with Crippen molar-refractivity contribution in [1.82, 2.24) is 9.47 Å². The van der Waals surface area contributed by atoms with Crippen molar-refractivity contribution in [3.8, 4) is 0 Å². The van der Waals surface area contributed by atoms with Crippen molar-refractivity contribution in [3.05, 3.63) is 56.1 Å². The van der Waals surface area contributed by atoms with Gasteiger partial charge in [0.05, 0.1) is 7.11 Å². The SMILES string of the molecule is COC(=O)[C@@H]1Cc2ccccc2CN1C(=O)COC(=O)Cn1c(C)csc1=O. The first-order valence-electron chi connectivity index (χ1n) is 8.65. The number of aryl methyl sites for hydroxylation is 1. The number of amides is 1. The molecule has 1 amide bonds. The first-order chi connectivity index (χ1) is 13.4. The van der Waals surface area contributed by atoms with Crippen LogP contribution in [0.25, 0.3) is 0 Å². The van der Waals surface area contributed by atoms with Gasteiger partial charge in [-0.15, -0.1) is 0 Å². The van der Waals surface area contributed by atoms with Gasteiger partial charge in [-0.05, 0) is 18.1 Å². The first-order valence-corrected chi connectivity index (χ1v) is 9.53. The number of esters is 2. The van der Waals surface area contributed by atoms with E-state index in [0.717, 1.165) is 22.5 Å². The summed E-state index contributed by atoms with van der Waals surface area (Å²) in [5.41, 5.74) is 2.56. The zero-order valence-electron chi connectivity index (χ0n) is 15.5. The molecule has 28 heavy (non-hydrogen) atoms. The van der Waals surface area contributed by atoms with Crippen LogP contribution in [0.5, 0.6) is 0 Å². The summed E-state index contributed by atoms with van der Waals surface area (Å²) < 4.78 is 11.2. The van der Waals surface area contributed by atoms with Gasteiger partial charge in [-0.25, -0.2) is 4.79 Å². The van der Waals surface area contributed by atoms with Gasteiger partial charge in [-0.1, -0.05) is 35.6 Å². The fourth-order valence-corrected chi connectivity index (χ4v) is 3.86. The van der Waals surface area contributed by atoms with Crippen LogP contribution in [-0.4, -0.2) is 47.1 Å². The zero-order valence-corrected chi connectivity index (χ0v) is 16.4. The van der Waals surface area contributed by atoms with Gasteiger partial charge in [0.1, 0.15) is 12.6 Å². The summed E-state index contributed by atoms with van der Waals surface area (Å²) in [5.74, 6) is -1.70. The van der Waals surface area contributed by atoms with E-state index in [2.05, 4.69) is 0 Å². The number of carbonyl (C=O) groups excluding carboxylic acids is 3. The highest BCUT2D eigenvalue weighted by atomic mass is 32.1. The van der Waals surface area contributed by atoms with E-state index in [9.17, 15) is 19.2 Å². The van der Waals surface area contributed by atoms with Gasteiger partial charge in [0, 0.05) is 24.0 Å². The van der Waals surface area contributed by atoms with Crippen LogP contribution in [0.2, 0.25) is 0 Å². The zero-order chi connectivity index (χ0) is 20.3. The molecule has 148 valence electrons. The van der Waals surface area contributed by atoms with Gasteiger partial charge in [-0.2, -0.15) is 0 Å². The number of fused-ring (bicyclic) bond motifs is 1. The van der Waals surface area contributed by atoms with E-state index in [1.807, 2.05) is 24.3 Å². The Bertz CT molecular complexity index is 963. The Labute approximate surface area is 165 Å². The molecule has 0 fully saturated rings. The molecule has 1 aliphatic rings. The van der Waals surface area contributed by atoms with E-state index in [4.69, 9.17) is 9.47 Å². The van der Waals surface area contributed by atoms with Crippen LogP contribution in [0.3, 0.4) is 0 Å². The minimum absolute atomic E-state index is 0.232. The third-order valence-electron chi connectivity index (χ3n) is 4.66. The van der Waals surface area contributed by atoms with Crippen LogP contribution in [0.1, 0.15) is 16.8 Å². The molecule has 1 atom stereocenters. The molecule has 0 N–H and O–H groups in total. The Balaban J connectivity index is 1.67. The van der Waals surface area contributed by atoms with E-state index < -0.39 is 30.5 Å². The van der Waals surface area contributed by atoms with Crippen molar-refractivity contribution in [2.45, 2.75) is 32.5 Å². The van der Waals surface area contributed by atoms with Gasteiger partial charge >= 0.3 is 16.8 Å². The highest BCUT2D eigenvalue weighted by molar-refractivity contribution is 7.07. The number of aromatic nitrogens is 1. The van der Waals surface area contributed by atoms with Gasteiger partial charge in [0.2, 0.25) is 0 Å². The lowest BCUT2D eigenvalue weighted by molar-refractivity contribution is -0.159. The monoisotopic (exact) mass is 404 g/mol. The minimum atomic E-state index is -0.771. The van der Waals surface area contributed by atoms with Crippen LogP contribution >= 0.6 is 11.3 Å². The third kappa shape index (κ3) is 4.14. The van der Waals surface area contributed by atoms with Crippen molar-refractivity contribution in [1.29, 1.82) is 0 Å². The summed E-state index contributed by atoms with van der Waals surface area (Å²) in [5, 5.41) is 1.65. The molecule has 0 saturated heterocycles. The second-order valence-corrected chi connectivity index (χ2v) is 7.24. The average molecular weight is 404 g/mol. The molecule has 1 aromatic carbocycles. The highest BCUT2D eigenvalue weighted by Crippen LogP contribution is 2.24. The number of hydrogen-bond acceptors (Lipinski definition) is 7. The lowest BCUT2D eigenvalue weighted by Crippen LogP contribution is -2.50. The Hall–Kier alpha value is -2.94. The van der Waals surface area contributed by atoms with Gasteiger partial charge < -0.3 is 14.4 Å². The number of rotatable bonds is 5. The molecular formula is C19H20N2O6S. The summed E-state index contributed by atoms with van der Waals surface area (Å²) in [6, 6.07) is 6.77. The summed E-state index contributed by atoms with van der Waals surface area (Å²) in [6.07, 6.45) is 0.339. The molecule has 0 saturated carbocycles. The second-order valence-electron chi connectivity index (χ2n) is 6.42. The maximum Gasteiger partial charge on any atom is 0.328 e. The lowest BCUT2D eigenvalue weighted by Gasteiger charge is -2.35. The largest absolute Gasteiger partial charge is 0.467 e. The van der Waals surface area contributed by atoms with Crippen molar-refractivity contribution in [2.75, 3.05) is 13.7 Å². The molecule has 2 aromatic rings. The molecular weight excluding hydrogens is 384 g/mol. The normalized spacial score (nSPS) is 15.6. The molecule has 9 heteroatoms. The van der Waals surface area contributed by atoms with Crippen LogP contribution in [-0.2, 0) is 43.4 Å². The van der Waals surface area contributed by atoms with E-state index in [0.29, 0.717) is 12.1 Å². The van der Waals surface area contributed by atoms with E-state index in [1.54, 1.807) is 12.3 Å². The van der Waals surface area contributed by atoms with E-state index >= 15 is 0 Å². The molecule has 1 aromatic heterocycles. The third-order valence-corrected chi connectivity index (χ3v) is 5.54. The molecule has 0 radical (unpaired) electrons. The molecule has 2 heterocycles. The molecule has 0 aliphatic carbocycles. The quantitative estimate of drug-likeness (QED) is 0.687. The van der Waals surface area contributed by atoms with Crippen LogP contribution < -0.4 is 4.87 Å². The topological polar surface area (TPSA) is 94.9 Å². The highest BCUT2D eigenvalue weighted by Gasteiger charge is 2.35. The van der Waals surface area contributed by atoms with Crippen molar-refractivity contribution < 1.29 is 23.9 Å². The number of carbonyl (C=O) groups is 3. The molecule has 0 spiro atoms. The number of benzene rings is 1. The number of methoxy groups -OCH3 is 1. The van der Waals surface area contributed by atoms with Crippen molar-refractivity contribution in [3.63, 3.8) is 0 Å². The molecule has 0 unspecified atom stereocenters. The molecule has 0 bridgehead atoms. The summed E-state index contributed by atoms with van der Waals surface area (Å²) in [7, 11) is 1.27. The molecule has 1 aliphatic heterocycles. The maximum absolute atomic E-state index is 12.7. The first kappa shape index (κ1) is 19.8. The fourth-order valence-electron chi connectivity index (χ4n) is 3.13. The minimum Gasteiger partial charge on any atom is -0.467 e. The molecule has 8 nitrogen and oxygen atoms in total. The fraction of sp³-hybridized carbons (Fsp3) is 0.368. The lowest BCUT2D eigenvalue weighted by atomic mass is 9.94. The Morgan fingerprint density at radius 2 is 1.93 bits per heavy atom.